The van der Waals surface area contributed by atoms with Gasteiger partial charge in [-0.3, -0.25) is 0 Å². The second-order valence-electron chi connectivity index (χ2n) is 3.38. The van der Waals surface area contributed by atoms with Crippen molar-refractivity contribution >= 4 is 11.5 Å². The SMILES string of the molecule is C/C(=N\n1ccc(N)nc1=O)C(C)C. The highest BCUT2D eigenvalue weighted by Crippen LogP contribution is 1.97. The van der Waals surface area contributed by atoms with E-state index in [1.54, 1.807) is 6.07 Å². The van der Waals surface area contributed by atoms with Crippen LogP contribution in [0.1, 0.15) is 20.8 Å². The lowest BCUT2D eigenvalue weighted by molar-refractivity contribution is 0.758. The average Bonchev–Trinajstić information content (AvgIpc) is 2.09. The molecule has 0 bridgehead atoms. The van der Waals surface area contributed by atoms with Crippen molar-refractivity contribution in [2.75, 3.05) is 5.73 Å². The summed E-state index contributed by atoms with van der Waals surface area (Å²) in [6, 6.07) is 1.54. The van der Waals surface area contributed by atoms with E-state index in [1.807, 2.05) is 20.8 Å². The topological polar surface area (TPSA) is 73.3 Å². The standard InChI is InChI=1S/C9H14N4O/c1-6(2)7(3)12-13-5-4-8(10)11-9(13)14/h4-6H,1-3H3,(H2,10,11,14)/b12-7+. The first-order valence-corrected chi connectivity index (χ1v) is 4.41. The zero-order chi connectivity index (χ0) is 10.7. The van der Waals surface area contributed by atoms with Gasteiger partial charge >= 0.3 is 5.69 Å². The molecule has 0 saturated heterocycles. The van der Waals surface area contributed by atoms with Gasteiger partial charge in [0, 0.05) is 11.9 Å². The van der Waals surface area contributed by atoms with E-state index in [1.165, 1.54) is 10.9 Å². The van der Waals surface area contributed by atoms with Gasteiger partial charge in [-0.25, -0.2) is 4.79 Å². The largest absolute Gasteiger partial charge is 0.383 e. The van der Waals surface area contributed by atoms with Crippen LogP contribution in [0.4, 0.5) is 5.82 Å². The molecule has 1 rings (SSSR count). The molecule has 0 radical (unpaired) electrons. The van der Waals surface area contributed by atoms with Crippen LogP contribution in [0, 0.1) is 5.92 Å². The number of rotatable bonds is 2. The number of hydrogen-bond acceptors (Lipinski definition) is 4. The fourth-order valence-electron chi connectivity index (χ4n) is 0.771. The molecule has 0 unspecified atom stereocenters. The minimum Gasteiger partial charge on any atom is -0.383 e. The van der Waals surface area contributed by atoms with E-state index in [0.29, 0.717) is 5.92 Å². The van der Waals surface area contributed by atoms with Crippen LogP contribution in [0.3, 0.4) is 0 Å². The van der Waals surface area contributed by atoms with Gasteiger partial charge in [-0.15, -0.1) is 0 Å². The second kappa shape index (κ2) is 4.04. The number of nitrogen functional groups attached to an aromatic ring is 1. The van der Waals surface area contributed by atoms with Crippen LogP contribution in [0.5, 0.6) is 0 Å². The molecule has 2 N–H and O–H groups in total. The molecule has 1 heterocycles. The Labute approximate surface area is 82.3 Å². The number of aromatic nitrogens is 2. The summed E-state index contributed by atoms with van der Waals surface area (Å²) >= 11 is 0. The predicted molar refractivity (Wildman–Crippen MR) is 56.3 cm³/mol. The Bertz CT molecular complexity index is 406. The van der Waals surface area contributed by atoms with Crippen LogP contribution >= 0.6 is 0 Å². The van der Waals surface area contributed by atoms with Gasteiger partial charge in [0.05, 0.1) is 0 Å². The molecule has 0 aromatic carbocycles. The van der Waals surface area contributed by atoms with Gasteiger partial charge in [0.15, 0.2) is 0 Å². The van der Waals surface area contributed by atoms with Crippen LogP contribution in [0.15, 0.2) is 22.2 Å². The van der Waals surface area contributed by atoms with E-state index in [4.69, 9.17) is 5.73 Å². The maximum atomic E-state index is 11.3. The second-order valence-corrected chi connectivity index (χ2v) is 3.38. The molecule has 0 saturated carbocycles. The minimum atomic E-state index is -0.454. The van der Waals surface area contributed by atoms with Crippen molar-refractivity contribution in [2.45, 2.75) is 20.8 Å². The van der Waals surface area contributed by atoms with Gasteiger partial charge in [-0.2, -0.15) is 14.8 Å². The average molecular weight is 194 g/mol. The van der Waals surface area contributed by atoms with Gasteiger partial charge in [0.1, 0.15) is 5.82 Å². The molecule has 0 amide bonds. The summed E-state index contributed by atoms with van der Waals surface area (Å²) in [6.45, 7) is 5.89. The first-order valence-electron chi connectivity index (χ1n) is 4.41. The first kappa shape index (κ1) is 10.4. The van der Waals surface area contributed by atoms with Crippen LogP contribution in [-0.4, -0.2) is 15.4 Å². The maximum absolute atomic E-state index is 11.3. The van der Waals surface area contributed by atoms with Gasteiger partial charge in [-0.05, 0) is 18.9 Å². The Morgan fingerprint density at radius 3 is 2.79 bits per heavy atom. The van der Waals surface area contributed by atoms with Crippen molar-refractivity contribution in [3.8, 4) is 0 Å². The quantitative estimate of drug-likeness (QED) is 0.704. The highest BCUT2D eigenvalue weighted by molar-refractivity contribution is 5.83. The van der Waals surface area contributed by atoms with Crippen molar-refractivity contribution in [3.63, 3.8) is 0 Å². The molecule has 14 heavy (non-hydrogen) atoms. The van der Waals surface area contributed by atoms with E-state index >= 15 is 0 Å². The van der Waals surface area contributed by atoms with Crippen LogP contribution < -0.4 is 11.4 Å². The molecule has 5 heteroatoms. The lowest BCUT2D eigenvalue weighted by atomic mass is 10.1. The third-order valence-electron chi connectivity index (χ3n) is 1.91. The predicted octanol–water partition coefficient (Wildman–Crippen LogP) is 0.705. The molecule has 0 aliphatic carbocycles. The maximum Gasteiger partial charge on any atom is 0.370 e. The van der Waals surface area contributed by atoms with Crippen molar-refractivity contribution in [2.24, 2.45) is 11.0 Å². The molecule has 0 aliphatic heterocycles. The number of hydrogen-bond donors (Lipinski definition) is 1. The van der Waals surface area contributed by atoms with E-state index < -0.39 is 5.69 Å². The fourth-order valence-corrected chi connectivity index (χ4v) is 0.771. The molecule has 0 spiro atoms. The van der Waals surface area contributed by atoms with Gasteiger partial charge in [-0.1, -0.05) is 13.8 Å². The van der Waals surface area contributed by atoms with E-state index in [9.17, 15) is 4.79 Å². The molecule has 1 aromatic rings. The number of anilines is 1. The van der Waals surface area contributed by atoms with Crippen LogP contribution in [-0.2, 0) is 0 Å². The van der Waals surface area contributed by atoms with Crippen LogP contribution in [0.25, 0.3) is 0 Å². The zero-order valence-corrected chi connectivity index (χ0v) is 8.56. The van der Waals surface area contributed by atoms with E-state index in [0.717, 1.165) is 5.71 Å². The molecule has 0 atom stereocenters. The molecule has 0 aliphatic rings. The summed E-state index contributed by atoms with van der Waals surface area (Å²) in [5.41, 5.74) is 5.77. The Morgan fingerprint density at radius 1 is 1.64 bits per heavy atom. The summed E-state index contributed by atoms with van der Waals surface area (Å²) < 4.78 is 1.19. The Hall–Kier alpha value is -1.65. The van der Waals surface area contributed by atoms with Crippen molar-refractivity contribution in [3.05, 3.63) is 22.7 Å². The van der Waals surface area contributed by atoms with E-state index in [-0.39, 0.29) is 5.82 Å². The molecular formula is C9H14N4O. The summed E-state index contributed by atoms with van der Waals surface area (Å²) in [5, 5.41) is 4.10. The monoisotopic (exact) mass is 194 g/mol. The molecule has 5 nitrogen and oxygen atoms in total. The summed E-state index contributed by atoms with van der Waals surface area (Å²) in [5.74, 6) is 0.517. The Balaban J connectivity index is 3.10. The highest BCUT2D eigenvalue weighted by atomic mass is 16.1. The third-order valence-corrected chi connectivity index (χ3v) is 1.91. The summed E-state index contributed by atoms with van der Waals surface area (Å²) in [6.07, 6.45) is 1.51. The normalized spacial score (nSPS) is 12.1. The molecule has 76 valence electrons. The molecule has 1 aromatic heterocycles. The summed E-state index contributed by atoms with van der Waals surface area (Å²) in [7, 11) is 0. The fraction of sp³-hybridized carbons (Fsp3) is 0.444. The van der Waals surface area contributed by atoms with Crippen LogP contribution in [0.2, 0.25) is 0 Å². The first-order chi connectivity index (χ1) is 6.50. The Morgan fingerprint density at radius 2 is 2.29 bits per heavy atom. The van der Waals surface area contributed by atoms with Gasteiger partial charge in [0.2, 0.25) is 0 Å². The van der Waals surface area contributed by atoms with E-state index in [2.05, 4.69) is 10.1 Å². The minimum absolute atomic E-state index is 0.212. The lowest BCUT2D eigenvalue weighted by Gasteiger charge is -2.04. The van der Waals surface area contributed by atoms with Crippen molar-refractivity contribution in [1.82, 2.24) is 9.66 Å². The highest BCUT2D eigenvalue weighted by Gasteiger charge is 2.00. The third kappa shape index (κ3) is 2.42. The zero-order valence-electron chi connectivity index (χ0n) is 8.56. The van der Waals surface area contributed by atoms with Crippen molar-refractivity contribution in [1.29, 1.82) is 0 Å². The summed E-state index contributed by atoms with van der Waals surface area (Å²) in [4.78, 5) is 14.8. The Kier molecular flexibility index (Phi) is 3.01. The number of nitrogens with two attached hydrogens (primary N) is 1. The number of nitrogens with zero attached hydrogens (tertiary/aromatic N) is 3. The molecular weight excluding hydrogens is 180 g/mol. The smallest absolute Gasteiger partial charge is 0.370 e. The van der Waals surface area contributed by atoms with Crippen molar-refractivity contribution < 1.29 is 0 Å². The van der Waals surface area contributed by atoms with Gasteiger partial charge in [0.25, 0.3) is 0 Å². The lowest BCUT2D eigenvalue weighted by Crippen LogP contribution is -2.21. The molecule has 0 fully saturated rings. The van der Waals surface area contributed by atoms with Gasteiger partial charge < -0.3 is 5.73 Å².